The maximum absolute atomic E-state index is 6.02. The summed E-state index contributed by atoms with van der Waals surface area (Å²) in [6, 6.07) is 26.6. The molecule has 0 fully saturated rings. The second-order valence-corrected chi connectivity index (χ2v) is 7.78. The Kier molecular flexibility index (Phi) is 5.34. The molecular weight excluding hydrogens is 342 g/mol. The van der Waals surface area contributed by atoms with E-state index in [-0.39, 0.29) is 5.60 Å². The predicted molar refractivity (Wildman–Crippen MR) is 117 cm³/mol. The minimum absolute atomic E-state index is 0.278. The summed E-state index contributed by atoms with van der Waals surface area (Å²) in [5, 5.41) is 3.61. The van der Waals surface area contributed by atoms with Crippen LogP contribution in [0.15, 0.2) is 72.8 Å². The summed E-state index contributed by atoms with van der Waals surface area (Å²) >= 11 is 0. The molecule has 144 valence electrons. The number of nitrogens with one attached hydrogen (secondary N) is 1. The summed E-state index contributed by atoms with van der Waals surface area (Å²) in [5.74, 6) is 0. The summed E-state index contributed by atoms with van der Waals surface area (Å²) in [6.07, 6.45) is 2.18. The van der Waals surface area contributed by atoms with Crippen molar-refractivity contribution in [2.24, 2.45) is 0 Å². The lowest BCUT2D eigenvalue weighted by atomic mass is 9.75. The molecule has 3 aromatic carbocycles. The highest BCUT2D eigenvalue weighted by molar-refractivity contribution is 5.71. The Bertz CT molecular complexity index is 932. The van der Waals surface area contributed by atoms with Gasteiger partial charge in [-0.25, -0.2) is 0 Å². The van der Waals surface area contributed by atoms with Gasteiger partial charge in [0.1, 0.15) is 5.60 Å². The molecule has 0 saturated carbocycles. The number of aryl methyl sites for hydroxylation is 1. The van der Waals surface area contributed by atoms with Crippen molar-refractivity contribution < 1.29 is 4.74 Å². The van der Waals surface area contributed by atoms with Gasteiger partial charge in [-0.15, -0.1) is 0 Å². The van der Waals surface area contributed by atoms with Gasteiger partial charge in [0.15, 0.2) is 0 Å². The molecule has 0 heterocycles. The van der Waals surface area contributed by atoms with Crippen LogP contribution in [-0.4, -0.2) is 19.7 Å². The number of hydrogen-bond donors (Lipinski definition) is 1. The van der Waals surface area contributed by atoms with Gasteiger partial charge in [-0.2, -0.15) is 0 Å². The average molecular weight is 372 g/mol. The van der Waals surface area contributed by atoms with Gasteiger partial charge in [0, 0.05) is 13.2 Å². The molecule has 4 rings (SSSR count). The van der Waals surface area contributed by atoms with Crippen LogP contribution in [0.2, 0.25) is 0 Å². The minimum Gasteiger partial charge on any atom is -0.372 e. The highest BCUT2D eigenvalue weighted by Crippen LogP contribution is 2.39. The summed E-state index contributed by atoms with van der Waals surface area (Å²) in [6.45, 7) is 5.34. The Balaban J connectivity index is 1.65. The molecule has 0 aromatic heterocycles. The molecule has 2 nitrogen and oxygen atoms in total. The number of rotatable bonds is 5. The van der Waals surface area contributed by atoms with E-state index in [9.17, 15) is 0 Å². The molecule has 0 spiro atoms. The van der Waals surface area contributed by atoms with Crippen LogP contribution in [0.25, 0.3) is 22.3 Å². The summed E-state index contributed by atoms with van der Waals surface area (Å²) in [5.41, 5.74) is 7.49. The van der Waals surface area contributed by atoms with Crippen LogP contribution in [0.4, 0.5) is 0 Å². The van der Waals surface area contributed by atoms with Gasteiger partial charge in [0.25, 0.3) is 0 Å². The zero-order chi connectivity index (χ0) is 19.6. The molecular formula is C26H29NO. The molecule has 0 radical (unpaired) electrons. The number of hydrogen-bond acceptors (Lipinski definition) is 2. The maximum atomic E-state index is 6.02. The lowest BCUT2D eigenvalue weighted by Crippen LogP contribution is -2.50. The standard InChI is InChI=1S/C26H29NO/c1-4-27-25-17-15-23-18-22(14-16-24(23)26(25,2)28-3)21-12-10-20(11-13-21)19-8-6-5-7-9-19/h5-14,16,18,25,27H,4,15,17H2,1-3H3. The molecule has 1 aliphatic rings. The van der Waals surface area contributed by atoms with Gasteiger partial charge in [0.05, 0.1) is 0 Å². The van der Waals surface area contributed by atoms with Crippen molar-refractivity contribution in [3.63, 3.8) is 0 Å². The fraction of sp³-hybridized carbons (Fsp3) is 0.308. The summed E-state index contributed by atoms with van der Waals surface area (Å²) < 4.78 is 6.02. The van der Waals surface area contributed by atoms with Crippen LogP contribution in [0, 0.1) is 0 Å². The second kappa shape index (κ2) is 7.90. The van der Waals surface area contributed by atoms with Crippen molar-refractivity contribution >= 4 is 0 Å². The van der Waals surface area contributed by atoms with E-state index in [1.807, 2.05) is 7.11 Å². The molecule has 1 aliphatic carbocycles. The number of fused-ring (bicyclic) bond motifs is 1. The summed E-state index contributed by atoms with van der Waals surface area (Å²) in [4.78, 5) is 0. The SMILES string of the molecule is CCNC1CCc2cc(-c3ccc(-c4ccccc4)cc3)ccc2C1(C)OC. The first-order valence-corrected chi connectivity index (χ1v) is 10.2. The normalized spacial score (nSPS) is 21.3. The quantitative estimate of drug-likeness (QED) is 0.611. The number of likely N-dealkylation sites (N-methyl/N-ethyl adjacent to an activating group) is 1. The molecule has 28 heavy (non-hydrogen) atoms. The lowest BCUT2D eigenvalue weighted by Gasteiger charge is -2.42. The van der Waals surface area contributed by atoms with Gasteiger partial charge in [0.2, 0.25) is 0 Å². The molecule has 0 saturated heterocycles. The van der Waals surface area contributed by atoms with E-state index >= 15 is 0 Å². The Morgan fingerprint density at radius 1 is 0.893 bits per heavy atom. The zero-order valence-electron chi connectivity index (χ0n) is 17.0. The van der Waals surface area contributed by atoms with Gasteiger partial charge in [-0.05, 0) is 59.7 Å². The smallest absolute Gasteiger partial charge is 0.105 e. The third-order valence-corrected chi connectivity index (χ3v) is 6.21. The molecule has 2 unspecified atom stereocenters. The van der Waals surface area contributed by atoms with E-state index < -0.39 is 0 Å². The van der Waals surface area contributed by atoms with Gasteiger partial charge in [-0.1, -0.05) is 79.7 Å². The van der Waals surface area contributed by atoms with Crippen LogP contribution in [0.1, 0.15) is 31.4 Å². The first-order chi connectivity index (χ1) is 13.7. The molecule has 0 amide bonds. The van der Waals surface area contributed by atoms with Crippen LogP contribution in [0.3, 0.4) is 0 Å². The Hall–Kier alpha value is -2.42. The first kappa shape index (κ1) is 18.9. The minimum atomic E-state index is -0.278. The van der Waals surface area contributed by atoms with Crippen molar-refractivity contribution in [3.8, 4) is 22.3 Å². The lowest BCUT2D eigenvalue weighted by molar-refractivity contribution is -0.0386. The second-order valence-electron chi connectivity index (χ2n) is 7.78. The Morgan fingerprint density at radius 2 is 1.50 bits per heavy atom. The Labute approximate surface area is 168 Å². The number of benzene rings is 3. The van der Waals surface area contributed by atoms with E-state index in [1.165, 1.54) is 33.4 Å². The van der Waals surface area contributed by atoms with Gasteiger partial charge < -0.3 is 10.1 Å². The fourth-order valence-corrected chi connectivity index (χ4v) is 4.51. The van der Waals surface area contributed by atoms with Crippen molar-refractivity contribution in [1.29, 1.82) is 0 Å². The summed E-state index contributed by atoms with van der Waals surface area (Å²) in [7, 11) is 1.83. The van der Waals surface area contributed by atoms with Crippen molar-refractivity contribution in [2.45, 2.75) is 38.3 Å². The van der Waals surface area contributed by atoms with Crippen LogP contribution in [-0.2, 0) is 16.8 Å². The molecule has 1 N–H and O–H groups in total. The maximum Gasteiger partial charge on any atom is 0.105 e. The molecule has 2 heteroatoms. The number of ether oxygens (including phenoxy) is 1. The van der Waals surface area contributed by atoms with Gasteiger partial charge >= 0.3 is 0 Å². The van der Waals surface area contributed by atoms with E-state index in [2.05, 4.69) is 92.0 Å². The highest BCUT2D eigenvalue weighted by Gasteiger charge is 2.40. The predicted octanol–water partition coefficient (Wildman–Crippen LogP) is 5.81. The first-order valence-electron chi connectivity index (χ1n) is 10.2. The van der Waals surface area contributed by atoms with Crippen LogP contribution in [0.5, 0.6) is 0 Å². The third-order valence-electron chi connectivity index (χ3n) is 6.21. The van der Waals surface area contributed by atoms with E-state index in [0.717, 1.165) is 19.4 Å². The van der Waals surface area contributed by atoms with E-state index in [4.69, 9.17) is 4.74 Å². The highest BCUT2D eigenvalue weighted by atomic mass is 16.5. The monoisotopic (exact) mass is 371 g/mol. The molecule has 0 aliphatic heterocycles. The third kappa shape index (κ3) is 3.39. The largest absolute Gasteiger partial charge is 0.372 e. The number of methoxy groups -OCH3 is 1. The van der Waals surface area contributed by atoms with Crippen LogP contribution < -0.4 is 5.32 Å². The Morgan fingerprint density at radius 3 is 2.14 bits per heavy atom. The zero-order valence-corrected chi connectivity index (χ0v) is 17.0. The van der Waals surface area contributed by atoms with Gasteiger partial charge in [-0.3, -0.25) is 0 Å². The van der Waals surface area contributed by atoms with Crippen molar-refractivity contribution in [2.75, 3.05) is 13.7 Å². The van der Waals surface area contributed by atoms with Crippen molar-refractivity contribution in [1.82, 2.24) is 5.32 Å². The molecule has 0 bridgehead atoms. The molecule has 3 aromatic rings. The average Bonchev–Trinajstić information content (AvgIpc) is 2.76. The van der Waals surface area contributed by atoms with Crippen LogP contribution >= 0.6 is 0 Å². The van der Waals surface area contributed by atoms with E-state index in [1.54, 1.807) is 0 Å². The molecule has 2 atom stereocenters. The van der Waals surface area contributed by atoms with E-state index in [0.29, 0.717) is 6.04 Å². The fourth-order valence-electron chi connectivity index (χ4n) is 4.51. The van der Waals surface area contributed by atoms with Crippen molar-refractivity contribution in [3.05, 3.63) is 83.9 Å². The topological polar surface area (TPSA) is 21.3 Å².